The fourth-order valence-corrected chi connectivity index (χ4v) is 3.14. The zero-order chi connectivity index (χ0) is 22.9. The van der Waals surface area contributed by atoms with Crippen LogP contribution in [-0.2, 0) is 25.7 Å². The van der Waals surface area contributed by atoms with Crippen LogP contribution in [0.3, 0.4) is 0 Å². The number of hydrogen-bond acceptors (Lipinski definition) is 5. The van der Waals surface area contributed by atoms with E-state index in [1.807, 2.05) is 41.0 Å². The number of ketones is 3. The molecule has 3 rings (SSSR count). The molecule has 0 fully saturated rings. The molecule has 0 saturated heterocycles. The van der Waals surface area contributed by atoms with Crippen LogP contribution in [0.4, 0.5) is 0 Å². The summed E-state index contributed by atoms with van der Waals surface area (Å²) in [5.41, 5.74) is 2.71. The van der Waals surface area contributed by atoms with Gasteiger partial charge in [0.1, 0.15) is 0 Å². The van der Waals surface area contributed by atoms with Crippen LogP contribution in [-0.4, -0.2) is 34.5 Å². The maximum Gasteiger partial charge on any atom is 0.375 e. The van der Waals surface area contributed by atoms with Gasteiger partial charge in [-0.1, -0.05) is 60.7 Å². The normalized spacial score (nSPS) is 10.8. The summed E-state index contributed by atoms with van der Waals surface area (Å²) in [5.74, 6) is -2.55. The molecule has 0 N–H and O–H groups in total. The molecule has 6 heteroatoms. The molecule has 2 aromatic carbocycles. The molecule has 0 saturated carbocycles. The number of aromatic nitrogens is 1. The van der Waals surface area contributed by atoms with Crippen molar-refractivity contribution in [3.8, 4) is 0 Å². The molecule has 162 valence electrons. The van der Waals surface area contributed by atoms with Crippen molar-refractivity contribution in [2.24, 2.45) is 0 Å². The van der Waals surface area contributed by atoms with Crippen molar-refractivity contribution in [3.05, 3.63) is 101 Å². The van der Waals surface area contributed by atoms with Gasteiger partial charge in [-0.2, -0.15) is 0 Å². The number of Topliss-reactive ketones (excluding diaryl/α,β-unsaturated/α-hetero) is 1. The Bertz CT molecular complexity index is 1140. The second-order valence-corrected chi connectivity index (χ2v) is 7.08. The van der Waals surface area contributed by atoms with Gasteiger partial charge in [0.15, 0.2) is 11.6 Å². The highest BCUT2D eigenvalue weighted by molar-refractivity contribution is 6.37. The quantitative estimate of drug-likeness (QED) is 0.161. The average molecular weight is 429 g/mol. The SMILES string of the molecule is CCOC(=O)C(=O)CC(=O)/C=C/c1cc(C(=O)c2ccccc2)cn1Cc1ccccc1. The van der Waals surface area contributed by atoms with Crippen molar-refractivity contribution < 1.29 is 23.9 Å². The molecular formula is C26H23NO5. The van der Waals surface area contributed by atoms with Gasteiger partial charge in [0.2, 0.25) is 5.78 Å². The Labute approximate surface area is 186 Å². The predicted octanol–water partition coefficient (Wildman–Crippen LogP) is 3.87. The van der Waals surface area contributed by atoms with E-state index in [2.05, 4.69) is 4.74 Å². The van der Waals surface area contributed by atoms with E-state index in [0.29, 0.717) is 23.4 Å². The van der Waals surface area contributed by atoms with Gasteiger partial charge in [0, 0.05) is 29.6 Å². The molecule has 0 bridgehead atoms. The first kappa shape index (κ1) is 22.6. The van der Waals surface area contributed by atoms with Crippen molar-refractivity contribution >= 4 is 29.4 Å². The Morgan fingerprint density at radius 2 is 1.56 bits per heavy atom. The average Bonchev–Trinajstić information content (AvgIpc) is 3.21. The van der Waals surface area contributed by atoms with E-state index >= 15 is 0 Å². The molecule has 0 aliphatic carbocycles. The minimum absolute atomic E-state index is 0.0693. The number of benzene rings is 2. The first-order valence-corrected chi connectivity index (χ1v) is 10.2. The molecule has 0 radical (unpaired) electrons. The third-order valence-corrected chi connectivity index (χ3v) is 4.70. The maximum atomic E-state index is 12.9. The van der Waals surface area contributed by atoms with Gasteiger partial charge in [-0.3, -0.25) is 14.4 Å². The first-order valence-electron chi connectivity index (χ1n) is 10.2. The number of carbonyl (C=O) groups is 4. The Kier molecular flexibility index (Phi) is 7.65. The summed E-state index contributed by atoms with van der Waals surface area (Å²) in [5, 5.41) is 0. The molecule has 1 aromatic heterocycles. The number of ether oxygens (including phenoxy) is 1. The number of nitrogens with zero attached hydrogens (tertiary/aromatic N) is 1. The molecule has 0 aliphatic rings. The largest absolute Gasteiger partial charge is 0.460 e. The number of carbonyl (C=O) groups excluding carboxylic acids is 4. The van der Waals surface area contributed by atoms with Gasteiger partial charge in [0.05, 0.1) is 13.0 Å². The highest BCUT2D eigenvalue weighted by Crippen LogP contribution is 2.17. The highest BCUT2D eigenvalue weighted by atomic mass is 16.5. The van der Waals surface area contributed by atoms with Gasteiger partial charge in [-0.15, -0.1) is 0 Å². The summed E-state index contributed by atoms with van der Waals surface area (Å²) in [6.07, 6.45) is 3.97. The number of hydrogen-bond donors (Lipinski definition) is 0. The monoisotopic (exact) mass is 429 g/mol. The molecule has 3 aromatic rings. The first-order chi connectivity index (χ1) is 15.5. The summed E-state index contributed by atoms with van der Waals surface area (Å²) in [7, 11) is 0. The molecule has 0 unspecified atom stereocenters. The van der Waals surface area contributed by atoms with E-state index in [0.717, 1.165) is 5.56 Å². The van der Waals surface area contributed by atoms with Crippen LogP contribution in [0, 0.1) is 0 Å². The van der Waals surface area contributed by atoms with E-state index in [1.165, 1.54) is 6.08 Å². The zero-order valence-corrected chi connectivity index (χ0v) is 17.7. The van der Waals surface area contributed by atoms with Crippen LogP contribution in [0.1, 0.15) is 40.5 Å². The zero-order valence-electron chi connectivity index (χ0n) is 17.7. The van der Waals surface area contributed by atoms with Gasteiger partial charge >= 0.3 is 5.97 Å². The lowest BCUT2D eigenvalue weighted by molar-refractivity contribution is -0.154. The fourth-order valence-electron chi connectivity index (χ4n) is 3.14. The van der Waals surface area contributed by atoms with Gasteiger partial charge < -0.3 is 9.30 Å². The van der Waals surface area contributed by atoms with E-state index < -0.39 is 24.0 Å². The van der Waals surface area contributed by atoms with Crippen molar-refractivity contribution in [2.75, 3.05) is 6.61 Å². The van der Waals surface area contributed by atoms with Crippen LogP contribution in [0.25, 0.3) is 6.08 Å². The third-order valence-electron chi connectivity index (χ3n) is 4.70. The molecule has 32 heavy (non-hydrogen) atoms. The van der Waals surface area contributed by atoms with Crippen LogP contribution < -0.4 is 0 Å². The Morgan fingerprint density at radius 3 is 2.22 bits per heavy atom. The Balaban J connectivity index is 1.84. The highest BCUT2D eigenvalue weighted by Gasteiger charge is 2.18. The van der Waals surface area contributed by atoms with E-state index in [-0.39, 0.29) is 12.4 Å². The number of allylic oxidation sites excluding steroid dienone is 1. The van der Waals surface area contributed by atoms with Gasteiger partial charge in [0.25, 0.3) is 0 Å². The van der Waals surface area contributed by atoms with E-state index in [9.17, 15) is 19.2 Å². The lowest BCUT2D eigenvalue weighted by Gasteiger charge is -2.06. The van der Waals surface area contributed by atoms with Crippen LogP contribution in [0.15, 0.2) is 79.0 Å². The minimum atomic E-state index is -1.02. The molecule has 0 aliphatic heterocycles. The summed E-state index contributed by atoms with van der Waals surface area (Å²) >= 11 is 0. The van der Waals surface area contributed by atoms with Gasteiger partial charge in [-0.05, 0) is 30.7 Å². The summed E-state index contributed by atoms with van der Waals surface area (Å²) < 4.78 is 6.48. The van der Waals surface area contributed by atoms with Gasteiger partial charge in [-0.25, -0.2) is 4.79 Å². The Morgan fingerprint density at radius 1 is 0.906 bits per heavy atom. The van der Waals surface area contributed by atoms with Crippen LogP contribution in [0.2, 0.25) is 0 Å². The smallest absolute Gasteiger partial charge is 0.375 e. The molecule has 6 nitrogen and oxygen atoms in total. The van der Waals surface area contributed by atoms with Crippen molar-refractivity contribution in [3.63, 3.8) is 0 Å². The number of rotatable bonds is 10. The van der Waals surface area contributed by atoms with Crippen molar-refractivity contribution in [1.82, 2.24) is 4.57 Å². The lowest BCUT2D eigenvalue weighted by atomic mass is 10.1. The topological polar surface area (TPSA) is 82.4 Å². The van der Waals surface area contributed by atoms with Crippen molar-refractivity contribution in [1.29, 1.82) is 0 Å². The summed E-state index contributed by atoms with van der Waals surface area (Å²) in [4.78, 5) is 48.2. The van der Waals surface area contributed by atoms with Crippen LogP contribution in [0.5, 0.6) is 0 Å². The van der Waals surface area contributed by atoms with Crippen LogP contribution >= 0.6 is 0 Å². The lowest BCUT2D eigenvalue weighted by Crippen LogP contribution is -2.19. The standard InChI is InChI=1S/C26H23NO5/c1-2-32-26(31)24(29)16-23(28)14-13-22-15-21(25(30)20-11-7-4-8-12-20)18-27(22)17-19-9-5-3-6-10-19/h3-15,18H,2,16-17H2,1H3/b14-13+. The maximum absolute atomic E-state index is 12.9. The molecular weight excluding hydrogens is 406 g/mol. The predicted molar refractivity (Wildman–Crippen MR) is 120 cm³/mol. The fraction of sp³-hybridized carbons (Fsp3) is 0.154. The third kappa shape index (κ3) is 5.98. The summed E-state index contributed by atoms with van der Waals surface area (Å²) in [6, 6.07) is 20.3. The van der Waals surface area contributed by atoms with Crippen molar-refractivity contribution in [2.45, 2.75) is 19.9 Å². The summed E-state index contributed by atoms with van der Waals surface area (Å²) in [6.45, 7) is 2.15. The van der Waals surface area contributed by atoms with E-state index in [1.54, 1.807) is 49.5 Å². The Hall–Kier alpha value is -4.06. The molecule has 0 atom stereocenters. The minimum Gasteiger partial charge on any atom is -0.460 e. The number of esters is 1. The van der Waals surface area contributed by atoms with E-state index in [4.69, 9.17) is 0 Å². The molecule has 0 spiro atoms. The second-order valence-electron chi connectivity index (χ2n) is 7.08. The second kappa shape index (κ2) is 10.8. The molecule has 1 heterocycles. The molecule has 0 amide bonds.